The molecule has 1 aromatic heterocycles. The number of hydrogen-bond donors (Lipinski definition) is 1. The molecular formula is C15H26BrNOS. The molecule has 0 saturated heterocycles. The van der Waals surface area contributed by atoms with Crippen LogP contribution >= 0.6 is 27.3 Å². The minimum absolute atomic E-state index is 0.102. The minimum atomic E-state index is 0.102. The van der Waals surface area contributed by atoms with Gasteiger partial charge in [0, 0.05) is 16.0 Å². The van der Waals surface area contributed by atoms with Gasteiger partial charge in [-0.05, 0) is 52.7 Å². The van der Waals surface area contributed by atoms with Crippen molar-refractivity contribution in [3.63, 3.8) is 0 Å². The van der Waals surface area contributed by atoms with Crippen LogP contribution in [0.25, 0.3) is 0 Å². The molecule has 1 aromatic rings. The highest BCUT2D eigenvalue weighted by atomic mass is 79.9. The van der Waals surface area contributed by atoms with E-state index < -0.39 is 0 Å². The van der Waals surface area contributed by atoms with Crippen LogP contribution in [0.4, 0.5) is 0 Å². The summed E-state index contributed by atoms with van der Waals surface area (Å²) in [4.78, 5) is 1.34. The smallest absolute Gasteiger partial charge is 0.0826 e. The average Bonchev–Trinajstić information content (AvgIpc) is 2.73. The zero-order chi connectivity index (χ0) is 14.5. The van der Waals surface area contributed by atoms with E-state index >= 15 is 0 Å². The molecule has 0 aliphatic carbocycles. The lowest BCUT2D eigenvalue weighted by molar-refractivity contribution is -0.0359. The highest BCUT2D eigenvalue weighted by molar-refractivity contribution is 9.10. The van der Waals surface area contributed by atoms with E-state index in [-0.39, 0.29) is 17.6 Å². The second-order valence-electron chi connectivity index (χ2n) is 5.81. The molecule has 4 heteroatoms. The van der Waals surface area contributed by atoms with Crippen LogP contribution < -0.4 is 5.32 Å². The molecule has 0 radical (unpaired) electrons. The topological polar surface area (TPSA) is 21.3 Å². The highest BCUT2D eigenvalue weighted by Crippen LogP contribution is 2.38. The zero-order valence-electron chi connectivity index (χ0n) is 12.6. The Balaban J connectivity index is 3.03. The van der Waals surface area contributed by atoms with Crippen molar-refractivity contribution in [1.82, 2.24) is 5.32 Å². The molecule has 0 spiro atoms. The van der Waals surface area contributed by atoms with Crippen molar-refractivity contribution in [2.75, 3.05) is 13.2 Å². The summed E-state index contributed by atoms with van der Waals surface area (Å²) in [7, 11) is 0. The summed E-state index contributed by atoms with van der Waals surface area (Å²) < 4.78 is 7.25. The van der Waals surface area contributed by atoms with Gasteiger partial charge in [-0.25, -0.2) is 0 Å². The Labute approximate surface area is 130 Å². The Morgan fingerprint density at radius 1 is 1.37 bits per heavy atom. The minimum Gasteiger partial charge on any atom is -0.376 e. The lowest BCUT2D eigenvalue weighted by Gasteiger charge is -2.37. The Morgan fingerprint density at radius 2 is 2.05 bits per heavy atom. The lowest BCUT2D eigenvalue weighted by Crippen LogP contribution is -2.42. The van der Waals surface area contributed by atoms with Crippen molar-refractivity contribution in [2.45, 2.75) is 53.2 Å². The van der Waals surface area contributed by atoms with Crippen LogP contribution in [0.1, 0.15) is 52.0 Å². The van der Waals surface area contributed by atoms with Gasteiger partial charge in [-0.2, -0.15) is 0 Å². The molecular weight excluding hydrogens is 322 g/mol. The van der Waals surface area contributed by atoms with Gasteiger partial charge in [0.25, 0.3) is 0 Å². The molecule has 1 heterocycles. The number of halogens is 1. The van der Waals surface area contributed by atoms with Crippen molar-refractivity contribution in [2.24, 2.45) is 5.41 Å². The van der Waals surface area contributed by atoms with Crippen molar-refractivity contribution in [3.05, 3.63) is 20.8 Å². The third-order valence-corrected chi connectivity index (χ3v) is 5.00. The molecule has 2 nitrogen and oxygen atoms in total. The lowest BCUT2D eigenvalue weighted by atomic mass is 9.83. The van der Waals surface area contributed by atoms with Crippen LogP contribution in [0.15, 0.2) is 15.9 Å². The van der Waals surface area contributed by atoms with Crippen LogP contribution in [-0.4, -0.2) is 19.3 Å². The Morgan fingerprint density at radius 3 is 2.47 bits per heavy atom. The molecule has 0 fully saturated rings. The normalized spacial score (nSPS) is 15.5. The van der Waals surface area contributed by atoms with E-state index in [2.05, 4.69) is 67.3 Å². The summed E-state index contributed by atoms with van der Waals surface area (Å²) in [5.74, 6) is 0. The summed E-state index contributed by atoms with van der Waals surface area (Å²) in [6, 6.07) is 2.36. The van der Waals surface area contributed by atoms with Crippen molar-refractivity contribution >= 4 is 27.3 Å². The first-order valence-corrected chi connectivity index (χ1v) is 8.66. The van der Waals surface area contributed by atoms with Gasteiger partial charge in [-0.3, -0.25) is 0 Å². The number of nitrogens with one attached hydrogen (secondary N) is 1. The van der Waals surface area contributed by atoms with Crippen LogP contribution in [0, 0.1) is 5.41 Å². The van der Waals surface area contributed by atoms with E-state index in [1.165, 1.54) is 9.35 Å². The molecule has 19 heavy (non-hydrogen) atoms. The maximum Gasteiger partial charge on any atom is 0.0826 e. The molecule has 1 N–H and O–H groups in total. The van der Waals surface area contributed by atoms with E-state index in [0.29, 0.717) is 0 Å². The van der Waals surface area contributed by atoms with Gasteiger partial charge < -0.3 is 10.1 Å². The fourth-order valence-corrected chi connectivity index (χ4v) is 3.91. The number of thiophene rings is 1. The molecule has 2 unspecified atom stereocenters. The molecule has 0 aliphatic rings. The van der Waals surface area contributed by atoms with Gasteiger partial charge in [-0.15, -0.1) is 11.3 Å². The molecule has 110 valence electrons. The van der Waals surface area contributed by atoms with Crippen molar-refractivity contribution in [1.29, 1.82) is 0 Å². The SMILES string of the molecule is CCCNC(c1sccc1Br)C(OCC)C(C)(C)C. The molecule has 2 atom stereocenters. The zero-order valence-corrected chi connectivity index (χ0v) is 15.0. The average molecular weight is 348 g/mol. The molecule has 1 rings (SSSR count). The first kappa shape index (κ1) is 17.2. The Kier molecular flexibility index (Phi) is 7.01. The van der Waals surface area contributed by atoms with Crippen LogP contribution in [0.2, 0.25) is 0 Å². The van der Waals surface area contributed by atoms with Crippen molar-refractivity contribution < 1.29 is 4.74 Å². The summed E-state index contributed by atoms with van der Waals surface area (Å²) in [6.07, 6.45) is 1.29. The van der Waals surface area contributed by atoms with Crippen LogP contribution in [0.5, 0.6) is 0 Å². The first-order chi connectivity index (χ1) is 8.91. The quantitative estimate of drug-likeness (QED) is 0.748. The van der Waals surface area contributed by atoms with Crippen LogP contribution in [-0.2, 0) is 4.74 Å². The molecule has 0 aromatic carbocycles. The second kappa shape index (κ2) is 7.77. The largest absolute Gasteiger partial charge is 0.376 e. The fraction of sp³-hybridized carbons (Fsp3) is 0.733. The van der Waals surface area contributed by atoms with E-state index in [4.69, 9.17) is 4.74 Å². The predicted octanol–water partition coefficient (Wildman–Crippen LogP) is 5.00. The molecule has 0 amide bonds. The first-order valence-electron chi connectivity index (χ1n) is 6.99. The number of hydrogen-bond acceptors (Lipinski definition) is 3. The third-order valence-electron chi connectivity index (χ3n) is 3.04. The predicted molar refractivity (Wildman–Crippen MR) is 87.9 cm³/mol. The highest BCUT2D eigenvalue weighted by Gasteiger charge is 2.35. The summed E-state index contributed by atoms with van der Waals surface area (Å²) in [5.41, 5.74) is 0.102. The maximum absolute atomic E-state index is 6.07. The van der Waals surface area contributed by atoms with Gasteiger partial charge in [-0.1, -0.05) is 27.7 Å². The number of rotatable bonds is 7. The summed E-state index contributed by atoms with van der Waals surface area (Å²) in [5, 5.41) is 5.79. The number of ether oxygens (including phenoxy) is 1. The summed E-state index contributed by atoms with van der Waals surface area (Å²) in [6.45, 7) is 12.8. The summed E-state index contributed by atoms with van der Waals surface area (Å²) >= 11 is 5.45. The van der Waals surface area contributed by atoms with Gasteiger partial charge in [0.05, 0.1) is 12.1 Å². The van der Waals surface area contributed by atoms with Gasteiger partial charge in [0.2, 0.25) is 0 Å². The van der Waals surface area contributed by atoms with Crippen molar-refractivity contribution in [3.8, 4) is 0 Å². The molecule has 0 bridgehead atoms. The fourth-order valence-electron chi connectivity index (χ4n) is 2.19. The molecule has 0 aliphatic heterocycles. The monoisotopic (exact) mass is 347 g/mol. The second-order valence-corrected chi connectivity index (χ2v) is 7.61. The maximum atomic E-state index is 6.07. The third kappa shape index (κ3) is 4.85. The Hall–Kier alpha value is 0.1000. The standard InChI is InChI=1S/C15H26BrNOS/c1-6-9-17-12(13-11(16)8-10-19-13)14(18-7-2)15(3,4)5/h8,10,12,14,17H,6-7,9H2,1-5H3. The van der Waals surface area contributed by atoms with Crippen LogP contribution in [0.3, 0.4) is 0 Å². The Bertz CT molecular complexity index is 372. The molecule has 0 saturated carbocycles. The van der Waals surface area contributed by atoms with E-state index in [0.717, 1.165) is 19.6 Å². The van der Waals surface area contributed by atoms with E-state index in [1.807, 2.05) is 0 Å². The van der Waals surface area contributed by atoms with Gasteiger partial charge in [0.1, 0.15) is 0 Å². The van der Waals surface area contributed by atoms with Gasteiger partial charge in [0.15, 0.2) is 0 Å². The van der Waals surface area contributed by atoms with E-state index in [1.54, 1.807) is 11.3 Å². The van der Waals surface area contributed by atoms with E-state index in [9.17, 15) is 0 Å². The van der Waals surface area contributed by atoms with Gasteiger partial charge >= 0.3 is 0 Å².